The fourth-order valence-electron chi connectivity index (χ4n) is 4.16. The van der Waals surface area contributed by atoms with Gasteiger partial charge in [0.25, 0.3) is 10.0 Å². The summed E-state index contributed by atoms with van der Waals surface area (Å²) in [6.07, 6.45) is 0.881. The highest BCUT2D eigenvalue weighted by Crippen LogP contribution is 2.30. The number of carbonyl (C=O) groups is 2. The number of nitrogens with one attached hydrogen (secondary N) is 1. The number of amides is 2. The van der Waals surface area contributed by atoms with Crippen molar-refractivity contribution in [2.45, 2.75) is 50.6 Å². The molecule has 0 aliphatic heterocycles. The van der Waals surface area contributed by atoms with Crippen LogP contribution in [-0.2, 0) is 26.0 Å². The average Bonchev–Trinajstić information content (AvgIpc) is 2.90. The molecule has 1 unspecified atom stereocenters. The first-order valence-corrected chi connectivity index (χ1v) is 14.4. The van der Waals surface area contributed by atoms with Gasteiger partial charge in [-0.25, -0.2) is 8.42 Å². The summed E-state index contributed by atoms with van der Waals surface area (Å²) in [4.78, 5) is 28.6. The Bertz CT molecular complexity index is 1320. The molecular formula is C29H34ClN3O4S. The van der Waals surface area contributed by atoms with E-state index < -0.39 is 28.5 Å². The van der Waals surface area contributed by atoms with Gasteiger partial charge in [0, 0.05) is 12.6 Å². The number of anilines is 1. The number of hydrogen-bond donors (Lipinski definition) is 1. The summed E-state index contributed by atoms with van der Waals surface area (Å²) in [6, 6.07) is 23.2. The minimum Gasteiger partial charge on any atom is -0.352 e. The molecule has 0 bridgehead atoms. The molecule has 1 atom stereocenters. The second-order valence-corrected chi connectivity index (χ2v) is 11.5. The summed E-state index contributed by atoms with van der Waals surface area (Å²) < 4.78 is 28.5. The maximum Gasteiger partial charge on any atom is 0.264 e. The molecule has 2 amide bonds. The van der Waals surface area contributed by atoms with E-state index in [1.54, 1.807) is 42.5 Å². The molecule has 0 saturated heterocycles. The predicted octanol–water partition coefficient (Wildman–Crippen LogP) is 4.91. The van der Waals surface area contributed by atoms with E-state index in [0.29, 0.717) is 12.8 Å². The number of carbonyl (C=O) groups excluding carboxylic acids is 2. The van der Waals surface area contributed by atoms with E-state index in [0.717, 1.165) is 9.87 Å². The van der Waals surface area contributed by atoms with Gasteiger partial charge in [0.2, 0.25) is 11.8 Å². The Morgan fingerprint density at radius 1 is 0.895 bits per heavy atom. The smallest absolute Gasteiger partial charge is 0.264 e. The van der Waals surface area contributed by atoms with Gasteiger partial charge in [-0.15, -0.1) is 0 Å². The number of rotatable bonds is 12. The van der Waals surface area contributed by atoms with E-state index in [-0.39, 0.29) is 34.1 Å². The van der Waals surface area contributed by atoms with Gasteiger partial charge in [0.1, 0.15) is 12.6 Å². The molecule has 1 N–H and O–H groups in total. The SMILES string of the molecule is CCC(C(=O)NC(C)C)N(CCc1ccccc1)C(=O)CN(c1ccccc1Cl)S(=O)(=O)c1ccccc1. The van der Waals surface area contributed by atoms with Gasteiger partial charge in [-0.05, 0) is 56.5 Å². The Hall–Kier alpha value is -3.36. The highest BCUT2D eigenvalue weighted by molar-refractivity contribution is 7.92. The molecule has 0 spiro atoms. The lowest BCUT2D eigenvalue weighted by Crippen LogP contribution is -2.54. The van der Waals surface area contributed by atoms with E-state index >= 15 is 0 Å². The summed E-state index contributed by atoms with van der Waals surface area (Å²) >= 11 is 6.42. The molecule has 0 saturated carbocycles. The van der Waals surface area contributed by atoms with E-state index in [2.05, 4.69) is 5.32 Å². The van der Waals surface area contributed by atoms with Crippen LogP contribution in [0.1, 0.15) is 32.8 Å². The monoisotopic (exact) mass is 555 g/mol. The Balaban J connectivity index is 2.01. The minimum absolute atomic E-state index is 0.0353. The normalized spacial score (nSPS) is 12.1. The number of benzene rings is 3. The third-order valence-electron chi connectivity index (χ3n) is 6.03. The van der Waals surface area contributed by atoms with Crippen molar-refractivity contribution >= 4 is 39.1 Å². The zero-order chi connectivity index (χ0) is 27.7. The van der Waals surface area contributed by atoms with Crippen molar-refractivity contribution in [1.29, 1.82) is 0 Å². The van der Waals surface area contributed by atoms with Gasteiger partial charge in [-0.2, -0.15) is 0 Å². The lowest BCUT2D eigenvalue weighted by atomic mass is 10.1. The third kappa shape index (κ3) is 7.36. The van der Waals surface area contributed by atoms with E-state index in [1.165, 1.54) is 17.0 Å². The quantitative estimate of drug-likeness (QED) is 0.344. The minimum atomic E-state index is -4.14. The number of halogens is 1. The van der Waals surface area contributed by atoms with Crippen LogP contribution in [-0.4, -0.2) is 50.3 Å². The summed E-state index contributed by atoms with van der Waals surface area (Å²) in [5.74, 6) is -0.773. The maximum atomic E-state index is 13.9. The second kappa shape index (κ2) is 13.4. The molecule has 3 rings (SSSR count). The molecule has 3 aromatic carbocycles. The van der Waals surface area contributed by atoms with Crippen molar-refractivity contribution in [2.75, 3.05) is 17.4 Å². The molecule has 7 nitrogen and oxygen atoms in total. The molecule has 9 heteroatoms. The molecule has 0 aromatic heterocycles. The van der Waals surface area contributed by atoms with Gasteiger partial charge in [-0.1, -0.05) is 79.2 Å². The van der Waals surface area contributed by atoms with Crippen molar-refractivity contribution < 1.29 is 18.0 Å². The van der Waals surface area contributed by atoms with Crippen LogP contribution in [0.3, 0.4) is 0 Å². The third-order valence-corrected chi connectivity index (χ3v) is 8.13. The predicted molar refractivity (Wildman–Crippen MR) is 152 cm³/mol. The van der Waals surface area contributed by atoms with E-state index in [1.807, 2.05) is 51.1 Å². The molecular weight excluding hydrogens is 522 g/mol. The second-order valence-electron chi connectivity index (χ2n) is 9.19. The first kappa shape index (κ1) is 29.2. The molecule has 0 aliphatic rings. The molecule has 202 valence electrons. The lowest BCUT2D eigenvalue weighted by molar-refractivity contribution is -0.139. The van der Waals surface area contributed by atoms with Crippen LogP contribution in [0.25, 0.3) is 0 Å². The molecule has 38 heavy (non-hydrogen) atoms. The fraction of sp³-hybridized carbons (Fsp3) is 0.310. The van der Waals surface area contributed by atoms with Crippen molar-refractivity contribution in [3.05, 3.63) is 95.5 Å². The molecule has 0 radical (unpaired) electrons. The standard InChI is InChI=1S/C29H34ClN3O4S/c1-4-26(29(35)31-22(2)3)32(20-19-23-13-7-5-8-14-23)28(34)21-33(27-18-12-11-17-25(27)30)38(36,37)24-15-9-6-10-16-24/h5-18,22,26H,4,19-21H2,1-3H3,(H,31,35). The fourth-order valence-corrected chi connectivity index (χ4v) is 5.91. The molecule has 0 fully saturated rings. The Morgan fingerprint density at radius 2 is 1.47 bits per heavy atom. The summed E-state index contributed by atoms with van der Waals surface area (Å²) in [6.45, 7) is 5.27. The van der Waals surface area contributed by atoms with Gasteiger partial charge < -0.3 is 10.2 Å². The number of sulfonamides is 1. The Morgan fingerprint density at radius 3 is 2.05 bits per heavy atom. The van der Waals surface area contributed by atoms with Gasteiger partial charge >= 0.3 is 0 Å². The van der Waals surface area contributed by atoms with Gasteiger partial charge in [0.15, 0.2) is 0 Å². The Kier molecular flexibility index (Phi) is 10.3. The first-order chi connectivity index (χ1) is 18.1. The lowest BCUT2D eigenvalue weighted by Gasteiger charge is -2.33. The van der Waals surface area contributed by atoms with Crippen LogP contribution in [0.2, 0.25) is 5.02 Å². The number of hydrogen-bond acceptors (Lipinski definition) is 4. The highest BCUT2D eigenvalue weighted by atomic mass is 35.5. The number of nitrogens with zero attached hydrogens (tertiary/aromatic N) is 2. The van der Waals surface area contributed by atoms with Crippen molar-refractivity contribution in [3.63, 3.8) is 0 Å². The van der Waals surface area contributed by atoms with Gasteiger partial charge in [-0.3, -0.25) is 13.9 Å². The molecule has 3 aromatic rings. The van der Waals surface area contributed by atoms with Crippen molar-refractivity contribution in [3.8, 4) is 0 Å². The van der Waals surface area contributed by atoms with Crippen LogP contribution in [0.4, 0.5) is 5.69 Å². The van der Waals surface area contributed by atoms with E-state index in [4.69, 9.17) is 11.6 Å². The van der Waals surface area contributed by atoms with Crippen molar-refractivity contribution in [2.24, 2.45) is 0 Å². The van der Waals surface area contributed by atoms with Crippen LogP contribution in [0, 0.1) is 0 Å². The first-order valence-electron chi connectivity index (χ1n) is 12.6. The zero-order valence-electron chi connectivity index (χ0n) is 21.9. The van der Waals surface area contributed by atoms with Crippen molar-refractivity contribution in [1.82, 2.24) is 10.2 Å². The van der Waals surface area contributed by atoms with Crippen LogP contribution < -0.4 is 9.62 Å². The van der Waals surface area contributed by atoms with Crippen LogP contribution >= 0.6 is 11.6 Å². The van der Waals surface area contributed by atoms with E-state index in [9.17, 15) is 18.0 Å². The summed E-state index contributed by atoms with van der Waals surface area (Å²) in [5, 5.41) is 3.09. The van der Waals surface area contributed by atoms with Crippen LogP contribution in [0.5, 0.6) is 0 Å². The average molecular weight is 556 g/mol. The number of para-hydroxylation sites is 1. The highest BCUT2D eigenvalue weighted by Gasteiger charge is 2.34. The zero-order valence-corrected chi connectivity index (χ0v) is 23.5. The Labute approximate surface area is 230 Å². The topological polar surface area (TPSA) is 86.8 Å². The summed E-state index contributed by atoms with van der Waals surface area (Å²) in [5.41, 5.74) is 1.19. The van der Waals surface area contributed by atoms with Gasteiger partial charge in [0.05, 0.1) is 15.6 Å². The maximum absolute atomic E-state index is 13.9. The largest absolute Gasteiger partial charge is 0.352 e. The molecule has 0 heterocycles. The summed E-state index contributed by atoms with van der Waals surface area (Å²) in [7, 11) is -4.14. The van der Waals surface area contributed by atoms with Crippen LogP contribution in [0.15, 0.2) is 89.8 Å². The molecule has 0 aliphatic carbocycles.